The first-order valence-electron chi connectivity index (χ1n) is 11.6. The molecule has 2 aromatic carbocycles. The summed E-state index contributed by atoms with van der Waals surface area (Å²) in [5.74, 6) is 1.01. The maximum atomic E-state index is 11.7. The molecule has 1 atom stereocenters. The van der Waals surface area contributed by atoms with Crippen molar-refractivity contribution in [2.45, 2.75) is 6.10 Å². The van der Waals surface area contributed by atoms with Crippen molar-refractivity contribution in [3.8, 4) is 11.1 Å². The number of amides is 1. The summed E-state index contributed by atoms with van der Waals surface area (Å²) in [7, 11) is 0. The van der Waals surface area contributed by atoms with Crippen molar-refractivity contribution in [2.75, 3.05) is 41.8 Å². The zero-order valence-electron chi connectivity index (χ0n) is 19.6. The predicted molar refractivity (Wildman–Crippen MR) is 140 cm³/mol. The van der Waals surface area contributed by atoms with E-state index >= 15 is 0 Å². The Kier molecular flexibility index (Phi) is 6.83. The van der Waals surface area contributed by atoms with Gasteiger partial charge in [0.25, 0.3) is 0 Å². The van der Waals surface area contributed by atoms with Gasteiger partial charge in [0.1, 0.15) is 5.82 Å². The molecule has 0 saturated carbocycles. The van der Waals surface area contributed by atoms with E-state index in [4.69, 9.17) is 9.72 Å². The van der Waals surface area contributed by atoms with E-state index in [0.717, 1.165) is 40.1 Å². The molecule has 5 rings (SSSR count). The molecular formula is C27H26N6O3. The second kappa shape index (κ2) is 10.5. The van der Waals surface area contributed by atoms with Gasteiger partial charge < -0.3 is 25.4 Å². The zero-order valence-corrected chi connectivity index (χ0v) is 19.6. The Bertz CT molecular complexity index is 1390. The topological polar surface area (TPSA) is 113 Å². The van der Waals surface area contributed by atoms with Gasteiger partial charge in [-0.15, -0.1) is 0 Å². The molecule has 0 spiro atoms. The fourth-order valence-electron chi connectivity index (χ4n) is 4.12. The minimum Gasteiger partial charge on any atom is -0.394 e. The second-order valence-corrected chi connectivity index (χ2v) is 8.36. The molecule has 1 fully saturated rings. The molecule has 2 aromatic heterocycles. The van der Waals surface area contributed by atoms with Crippen molar-refractivity contribution in [3.63, 3.8) is 0 Å². The summed E-state index contributed by atoms with van der Waals surface area (Å²) in [6.07, 6.45) is 4.56. The van der Waals surface area contributed by atoms with E-state index in [-0.39, 0.29) is 18.6 Å². The lowest BCUT2D eigenvalue weighted by molar-refractivity contribution is -0.111. The number of rotatable bonds is 7. The lowest BCUT2D eigenvalue weighted by Crippen LogP contribution is -2.44. The number of fused-ring (bicyclic) bond motifs is 1. The lowest BCUT2D eigenvalue weighted by atomic mass is 10.0. The van der Waals surface area contributed by atoms with Crippen molar-refractivity contribution in [1.82, 2.24) is 15.0 Å². The highest BCUT2D eigenvalue weighted by Crippen LogP contribution is 2.30. The summed E-state index contributed by atoms with van der Waals surface area (Å²) >= 11 is 0. The molecule has 0 aliphatic carbocycles. The van der Waals surface area contributed by atoms with Gasteiger partial charge in [-0.1, -0.05) is 36.9 Å². The van der Waals surface area contributed by atoms with Gasteiger partial charge in [-0.25, -0.2) is 15.0 Å². The molecule has 9 nitrogen and oxygen atoms in total. The third kappa shape index (κ3) is 5.17. The fraction of sp³-hybridized carbons (Fsp3) is 0.185. The van der Waals surface area contributed by atoms with E-state index < -0.39 is 0 Å². The van der Waals surface area contributed by atoms with Gasteiger partial charge in [0.05, 0.1) is 36.7 Å². The van der Waals surface area contributed by atoms with Crippen LogP contribution in [-0.2, 0) is 9.53 Å². The number of carbonyl (C=O) groups excluding carboxylic acids is 1. The summed E-state index contributed by atoms with van der Waals surface area (Å²) in [5, 5.41) is 16.3. The number of nitrogens with zero attached hydrogens (tertiary/aromatic N) is 4. The quantitative estimate of drug-likeness (QED) is 0.342. The molecule has 4 aromatic rings. The van der Waals surface area contributed by atoms with E-state index in [0.29, 0.717) is 24.8 Å². The van der Waals surface area contributed by atoms with Crippen LogP contribution in [0.15, 0.2) is 79.6 Å². The van der Waals surface area contributed by atoms with Gasteiger partial charge in [-0.3, -0.25) is 4.79 Å². The number of ether oxygens (including phenoxy) is 1. The third-order valence-corrected chi connectivity index (χ3v) is 5.91. The molecule has 0 radical (unpaired) electrons. The molecule has 182 valence electrons. The first kappa shape index (κ1) is 23.4. The van der Waals surface area contributed by atoms with Crippen LogP contribution in [0.4, 0.5) is 23.1 Å². The van der Waals surface area contributed by atoms with E-state index in [1.165, 1.54) is 6.08 Å². The highest BCUT2D eigenvalue weighted by atomic mass is 16.5. The lowest BCUT2D eigenvalue weighted by Gasteiger charge is -2.32. The van der Waals surface area contributed by atoms with Crippen molar-refractivity contribution in [1.29, 1.82) is 0 Å². The molecular weight excluding hydrogens is 456 g/mol. The van der Waals surface area contributed by atoms with Crippen LogP contribution in [0.3, 0.4) is 0 Å². The van der Waals surface area contributed by atoms with Crippen LogP contribution in [0.5, 0.6) is 0 Å². The zero-order chi connectivity index (χ0) is 24.9. The summed E-state index contributed by atoms with van der Waals surface area (Å²) < 4.78 is 5.52. The first-order chi connectivity index (χ1) is 17.6. The van der Waals surface area contributed by atoms with Gasteiger partial charge in [0.2, 0.25) is 11.9 Å². The maximum absolute atomic E-state index is 11.7. The largest absolute Gasteiger partial charge is 0.394 e. The van der Waals surface area contributed by atoms with Crippen LogP contribution in [0.25, 0.3) is 22.0 Å². The summed E-state index contributed by atoms with van der Waals surface area (Å²) in [6.45, 7) is 5.38. The maximum Gasteiger partial charge on any atom is 0.247 e. The number of aromatic nitrogens is 3. The minimum atomic E-state index is -0.264. The number of para-hydroxylation sites is 1. The smallest absolute Gasteiger partial charge is 0.247 e. The minimum absolute atomic E-state index is 0.00875. The number of hydrogen-bond donors (Lipinski definition) is 3. The van der Waals surface area contributed by atoms with Crippen molar-refractivity contribution >= 4 is 40.0 Å². The standard InChI is InChI=1S/C27H26N6O3/c1-2-25(35)30-20-7-3-5-18(13-20)23-8-4-6-19-14-29-27(32-26(19)23)31-21-9-10-24(28-15-21)33-11-12-36-22(16-33)17-34/h2-10,13-15,22,34H,1,11-12,16-17H2,(H,30,35)(H,29,31,32). The molecule has 9 heteroatoms. The molecule has 1 amide bonds. The molecule has 1 unspecified atom stereocenters. The SMILES string of the molecule is C=CC(=O)Nc1cccc(-c2cccc3cnc(Nc4ccc(N5CCOC(CO)C5)nc4)nc23)c1. The molecule has 1 aliphatic heterocycles. The second-order valence-electron chi connectivity index (χ2n) is 8.36. The van der Waals surface area contributed by atoms with Crippen molar-refractivity contribution in [2.24, 2.45) is 0 Å². The Morgan fingerprint density at radius 1 is 1.14 bits per heavy atom. The number of aliphatic hydroxyl groups excluding tert-OH is 1. The molecule has 1 saturated heterocycles. The average molecular weight is 483 g/mol. The van der Waals surface area contributed by atoms with Crippen LogP contribution in [-0.4, -0.2) is 58.4 Å². The normalized spacial score (nSPS) is 15.5. The highest BCUT2D eigenvalue weighted by Gasteiger charge is 2.20. The predicted octanol–water partition coefficient (Wildman–Crippen LogP) is 3.76. The van der Waals surface area contributed by atoms with E-state index in [1.807, 2.05) is 54.6 Å². The van der Waals surface area contributed by atoms with Crippen LogP contribution in [0, 0.1) is 0 Å². The fourth-order valence-corrected chi connectivity index (χ4v) is 4.12. The summed E-state index contributed by atoms with van der Waals surface area (Å²) in [4.78, 5) is 27.6. The number of hydrogen-bond acceptors (Lipinski definition) is 8. The molecule has 0 bridgehead atoms. The van der Waals surface area contributed by atoms with E-state index in [2.05, 4.69) is 32.1 Å². The number of carbonyl (C=O) groups is 1. The number of anilines is 4. The van der Waals surface area contributed by atoms with Crippen molar-refractivity contribution in [3.05, 3.63) is 79.6 Å². The van der Waals surface area contributed by atoms with Gasteiger partial charge >= 0.3 is 0 Å². The van der Waals surface area contributed by atoms with Gasteiger partial charge in [-0.05, 0) is 35.9 Å². The van der Waals surface area contributed by atoms with Crippen LogP contribution in [0.1, 0.15) is 0 Å². The monoisotopic (exact) mass is 482 g/mol. The Hall–Kier alpha value is -4.34. The van der Waals surface area contributed by atoms with Crippen LogP contribution in [0.2, 0.25) is 0 Å². The first-order valence-corrected chi connectivity index (χ1v) is 11.6. The van der Waals surface area contributed by atoms with Crippen molar-refractivity contribution < 1.29 is 14.6 Å². The number of aliphatic hydroxyl groups is 1. The molecule has 1 aliphatic rings. The number of morpholine rings is 1. The Morgan fingerprint density at radius 2 is 2.03 bits per heavy atom. The van der Waals surface area contributed by atoms with Gasteiger partial charge in [-0.2, -0.15) is 0 Å². The van der Waals surface area contributed by atoms with Gasteiger partial charge in [0.15, 0.2) is 0 Å². The average Bonchev–Trinajstić information content (AvgIpc) is 2.93. The number of nitrogens with one attached hydrogen (secondary N) is 2. The van der Waals surface area contributed by atoms with E-state index in [1.54, 1.807) is 12.4 Å². The number of pyridine rings is 1. The molecule has 3 heterocycles. The highest BCUT2D eigenvalue weighted by molar-refractivity contribution is 6.00. The summed E-state index contributed by atoms with van der Waals surface area (Å²) in [5.41, 5.74) is 4.07. The Labute approximate surface area is 208 Å². The third-order valence-electron chi connectivity index (χ3n) is 5.91. The Morgan fingerprint density at radius 3 is 2.83 bits per heavy atom. The van der Waals surface area contributed by atoms with Gasteiger partial charge in [0, 0.05) is 35.9 Å². The molecule has 3 N–H and O–H groups in total. The van der Waals surface area contributed by atoms with E-state index in [9.17, 15) is 9.90 Å². The molecule has 36 heavy (non-hydrogen) atoms. The van der Waals surface area contributed by atoms with Crippen LogP contribution < -0.4 is 15.5 Å². The summed E-state index contributed by atoms with van der Waals surface area (Å²) in [6, 6.07) is 17.4. The van der Waals surface area contributed by atoms with Crippen LogP contribution >= 0.6 is 0 Å². The number of benzene rings is 2. The Balaban J connectivity index is 1.38.